The molecule has 3 N–H and O–H groups in total. The van der Waals surface area contributed by atoms with Crippen molar-refractivity contribution in [3.05, 3.63) is 47.0 Å². The first-order valence-electron chi connectivity index (χ1n) is 6.95. The van der Waals surface area contributed by atoms with Crippen LogP contribution in [0.15, 0.2) is 30.3 Å². The minimum absolute atomic E-state index is 0.107. The Balaban J connectivity index is 1.97. The highest BCUT2D eigenvalue weighted by Gasteiger charge is 2.36. The Kier molecular flexibility index (Phi) is 2.54. The molecule has 0 saturated heterocycles. The van der Waals surface area contributed by atoms with E-state index in [0.29, 0.717) is 33.8 Å². The van der Waals surface area contributed by atoms with E-state index in [0.717, 1.165) is 0 Å². The second-order valence-corrected chi connectivity index (χ2v) is 5.45. The quantitative estimate of drug-likeness (QED) is 0.697. The first-order chi connectivity index (χ1) is 10.6. The third-order valence-electron chi connectivity index (χ3n) is 4.12. The van der Waals surface area contributed by atoms with Crippen molar-refractivity contribution in [1.29, 1.82) is 0 Å². The van der Waals surface area contributed by atoms with E-state index in [1.165, 1.54) is 12.1 Å². The van der Waals surface area contributed by atoms with Crippen LogP contribution < -0.4 is 9.47 Å². The maximum atomic E-state index is 10.7. The number of hydrogen-bond acceptors (Lipinski definition) is 5. The standard InChI is InChI=1S/C17H14O5/c1-8-12(19)5-4-11-16(20)15-10-3-2-9(18)6-13(10)21-7-14(15)22-17(8)11/h2-6,14,18-20H,7H2,1H3. The van der Waals surface area contributed by atoms with Crippen molar-refractivity contribution in [1.82, 2.24) is 0 Å². The van der Waals surface area contributed by atoms with Crippen LogP contribution in [0.2, 0.25) is 0 Å². The molecule has 0 fully saturated rings. The molecule has 22 heavy (non-hydrogen) atoms. The molecule has 2 aliphatic rings. The molecule has 0 spiro atoms. The van der Waals surface area contributed by atoms with Gasteiger partial charge in [-0.1, -0.05) is 0 Å². The van der Waals surface area contributed by atoms with Crippen LogP contribution in [0.25, 0.3) is 11.3 Å². The number of phenolic OH excluding ortho intramolecular Hbond substituents is 2. The SMILES string of the molecule is Cc1c(O)ccc2c1OC1COc3cc(O)ccc3C1=C2O. The average molecular weight is 298 g/mol. The van der Waals surface area contributed by atoms with Gasteiger partial charge in [-0.2, -0.15) is 0 Å². The van der Waals surface area contributed by atoms with E-state index in [-0.39, 0.29) is 23.9 Å². The number of fused-ring (bicyclic) bond motifs is 4. The zero-order chi connectivity index (χ0) is 15.4. The summed E-state index contributed by atoms with van der Waals surface area (Å²) >= 11 is 0. The average Bonchev–Trinajstić information content (AvgIpc) is 2.51. The zero-order valence-electron chi connectivity index (χ0n) is 11.8. The fourth-order valence-corrected chi connectivity index (χ4v) is 2.96. The maximum absolute atomic E-state index is 10.7. The normalized spacial score (nSPS) is 18.7. The van der Waals surface area contributed by atoms with Gasteiger partial charge in [-0.15, -0.1) is 0 Å². The molecule has 5 nitrogen and oxygen atoms in total. The molecule has 0 radical (unpaired) electrons. The molecule has 112 valence electrons. The second kappa shape index (κ2) is 4.34. The van der Waals surface area contributed by atoms with Crippen molar-refractivity contribution < 1.29 is 24.8 Å². The Bertz CT molecular complexity index is 822. The minimum Gasteiger partial charge on any atom is -0.508 e. The van der Waals surface area contributed by atoms with Crippen LogP contribution in [0.3, 0.4) is 0 Å². The summed E-state index contributed by atoms with van der Waals surface area (Å²) in [5.74, 6) is 1.33. The van der Waals surface area contributed by atoms with Gasteiger partial charge < -0.3 is 24.8 Å². The fraction of sp³-hybridized carbons (Fsp3) is 0.176. The van der Waals surface area contributed by atoms with Crippen molar-refractivity contribution in [3.63, 3.8) is 0 Å². The van der Waals surface area contributed by atoms with Gasteiger partial charge in [0.15, 0.2) is 6.10 Å². The molecule has 2 heterocycles. The molecule has 0 aliphatic carbocycles. The number of aromatic hydroxyl groups is 2. The van der Waals surface area contributed by atoms with Crippen molar-refractivity contribution >= 4 is 11.3 Å². The molecule has 1 atom stereocenters. The molecule has 2 aliphatic heterocycles. The predicted molar refractivity (Wildman–Crippen MR) is 80.3 cm³/mol. The third-order valence-corrected chi connectivity index (χ3v) is 4.12. The molecule has 1 unspecified atom stereocenters. The van der Waals surface area contributed by atoms with Crippen molar-refractivity contribution in [2.45, 2.75) is 13.0 Å². The topological polar surface area (TPSA) is 79.2 Å². The molecule has 4 rings (SSSR count). The molecule has 0 bridgehead atoms. The molecular formula is C17H14O5. The van der Waals surface area contributed by atoms with E-state index < -0.39 is 6.10 Å². The lowest BCUT2D eigenvalue weighted by Crippen LogP contribution is -2.33. The molecule has 0 saturated carbocycles. The van der Waals surface area contributed by atoms with E-state index in [2.05, 4.69) is 0 Å². The summed E-state index contributed by atoms with van der Waals surface area (Å²) < 4.78 is 11.6. The summed E-state index contributed by atoms with van der Waals surface area (Å²) in [6, 6.07) is 7.92. The van der Waals surface area contributed by atoms with Crippen LogP contribution in [-0.2, 0) is 0 Å². The van der Waals surface area contributed by atoms with Crippen molar-refractivity contribution in [2.24, 2.45) is 0 Å². The highest BCUT2D eigenvalue weighted by atomic mass is 16.5. The van der Waals surface area contributed by atoms with Crippen molar-refractivity contribution in [2.75, 3.05) is 6.61 Å². The van der Waals surface area contributed by atoms with E-state index in [9.17, 15) is 15.3 Å². The van der Waals surface area contributed by atoms with Gasteiger partial charge in [0.1, 0.15) is 35.4 Å². The van der Waals surface area contributed by atoms with Gasteiger partial charge in [0.05, 0.1) is 5.56 Å². The van der Waals surface area contributed by atoms with Crippen LogP contribution in [0.5, 0.6) is 23.0 Å². The van der Waals surface area contributed by atoms with E-state index >= 15 is 0 Å². The molecule has 5 heteroatoms. The summed E-state index contributed by atoms with van der Waals surface area (Å²) in [7, 11) is 0. The van der Waals surface area contributed by atoms with Gasteiger partial charge >= 0.3 is 0 Å². The van der Waals surface area contributed by atoms with Crippen LogP contribution >= 0.6 is 0 Å². The predicted octanol–water partition coefficient (Wildman–Crippen LogP) is 2.99. The summed E-state index contributed by atoms with van der Waals surface area (Å²) in [6.45, 7) is 1.96. The first kappa shape index (κ1) is 12.9. The second-order valence-electron chi connectivity index (χ2n) is 5.45. The lowest BCUT2D eigenvalue weighted by atomic mass is 9.90. The van der Waals surface area contributed by atoms with Crippen LogP contribution in [-0.4, -0.2) is 28.0 Å². The summed E-state index contributed by atoms with van der Waals surface area (Å²) in [5.41, 5.74) is 2.46. The van der Waals surface area contributed by atoms with Gasteiger partial charge in [0, 0.05) is 22.8 Å². The number of benzene rings is 2. The van der Waals surface area contributed by atoms with Gasteiger partial charge in [-0.05, 0) is 31.2 Å². The van der Waals surface area contributed by atoms with Gasteiger partial charge in [0.2, 0.25) is 0 Å². The van der Waals surface area contributed by atoms with Crippen molar-refractivity contribution in [3.8, 4) is 23.0 Å². The fourth-order valence-electron chi connectivity index (χ4n) is 2.96. The minimum atomic E-state index is -0.454. The Labute approximate surface area is 126 Å². The number of phenols is 2. The highest BCUT2D eigenvalue weighted by molar-refractivity contribution is 5.95. The Morgan fingerprint density at radius 2 is 1.82 bits per heavy atom. The lowest BCUT2D eigenvalue weighted by molar-refractivity contribution is 0.154. The Morgan fingerprint density at radius 1 is 1.05 bits per heavy atom. The smallest absolute Gasteiger partial charge is 0.162 e. The molecule has 0 aromatic heterocycles. The number of aliphatic hydroxyl groups is 1. The van der Waals surface area contributed by atoms with Crippen LogP contribution in [0.1, 0.15) is 16.7 Å². The largest absolute Gasteiger partial charge is 0.508 e. The zero-order valence-corrected chi connectivity index (χ0v) is 11.8. The first-order valence-corrected chi connectivity index (χ1v) is 6.95. The van der Waals surface area contributed by atoms with Gasteiger partial charge in [0.25, 0.3) is 0 Å². The highest BCUT2D eigenvalue weighted by Crippen LogP contribution is 2.47. The van der Waals surface area contributed by atoms with Gasteiger partial charge in [-0.25, -0.2) is 0 Å². The van der Waals surface area contributed by atoms with Crippen LogP contribution in [0.4, 0.5) is 0 Å². The third kappa shape index (κ3) is 1.65. The van der Waals surface area contributed by atoms with E-state index in [4.69, 9.17) is 9.47 Å². The maximum Gasteiger partial charge on any atom is 0.162 e. The van der Waals surface area contributed by atoms with E-state index in [1.54, 1.807) is 25.1 Å². The summed E-state index contributed by atoms with van der Waals surface area (Å²) in [6.07, 6.45) is -0.454. The molecule has 2 aromatic rings. The Hall–Kier alpha value is -2.82. The molecule has 2 aromatic carbocycles. The lowest BCUT2D eigenvalue weighted by Gasteiger charge is -2.34. The Morgan fingerprint density at radius 3 is 2.64 bits per heavy atom. The van der Waals surface area contributed by atoms with E-state index in [1.807, 2.05) is 0 Å². The number of hydrogen-bond donors (Lipinski definition) is 3. The number of rotatable bonds is 0. The monoisotopic (exact) mass is 298 g/mol. The van der Waals surface area contributed by atoms with Crippen LogP contribution in [0, 0.1) is 6.92 Å². The summed E-state index contributed by atoms with van der Waals surface area (Å²) in [4.78, 5) is 0. The van der Waals surface area contributed by atoms with Gasteiger partial charge in [-0.3, -0.25) is 0 Å². The molecular weight excluding hydrogens is 284 g/mol. The summed E-state index contributed by atoms with van der Waals surface area (Å²) in [5, 5.41) is 30.1. The molecule has 0 amide bonds. The number of aliphatic hydroxyl groups excluding tert-OH is 1. The number of ether oxygens (including phenoxy) is 2.